The maximum Gasteiger partial charge on any atom is 0.256 e. The number of aromatic nitrogens is 5. The van der Waals surface area contributed by atoms with Crippen molar-refractivity contribution in [2.75, 3.05) is 12.4 Å². The van der Waals surface area contributed by atoms with Gasteiger partial charge in [-0.25, -0.2) is 15.0 Å². The molecule has 1 aliphatic rings. The van der Waals surface area contributed by atoms with Crippen LogP contribution in [-0.4, -0.2) is 31.8 Å². The van der Waals surface area contributed by atoms with Crippen LogP contribution in [0.5, 0.6) is 5.88 Å². The second-order valence-electron chi connectivity index (χ2n) is 6.03. The van der Waals surface area contributed by atoms with Gasteiger partial charge in [0.2, 0.25) is 5.95 Å². The summed E-state index contributed by atoms with van der Waals surface area (Å²) in [5, 5.41) is 7.94. The topological polar surface area (TPSA) is 77.8 Å². The van der Waals surface area contributed by atoms with Crippen molar-refractivity contribution in [2.24, 2.45) is 7.05 Å². The lowest BCUT2D eigenvalue weighted by Gasteiger charge is -2.11. The predicted octanol–water partition coefficient (Wildman–Crippen LogP) is 3.31. The first-order valence-electron chi connectivity index (χ1n) is 8.09. The van der Waals surface area contributed by atoms with E-state index in [-0.39, 0.29) is 0 Å². The van der Waals surface area contributed by atoms with Crippen molar-refractivity contribution in [3.8, 4) is 5.88 Å². The third kappa shape index (κ3) is 2.80. The molecule has 0 bridgehead atoms. The molecule has 0 amide bonds. The van der Waals surface area contributed by atoms with E-state index in [1.807, 2.05) is 26.2 Å². The van der Waals surface area contributed by atoms with Crippen LogP contribution in [0.25, 0.3) is 5.57 Å². The molecule has 0 fully saturated rings. The van der Waals surface area contributed by atoms with Crippen molar-refractivity contribution in [3.63, 3.8) is 0 Å². The average molecular weight is 369 g/mol. The monoisotopic (exact) mass is 368 g/mol. The van der Waals surface area contributed by atoms with Crippen LogP contribution in [0, 0.1) is 6.92 Å². The van der Waals surface area contributed by atoms with Crippen molar-refractivity contribution < 1.29 is 4.74 Å². The SMILES string of the molecule is COc1nn(C)cc1Nc1ncc(C)c(C2=CCc3c2ccnc3Cl)n1. The highest BCUT2D eigenvalue weighted by atomic mass is 35.5. The quantitative estimate of drug-likeness (QED) is 0.712. The summed E-state index contributed by atoms with van der Waals surface area (Å²) in [7, 11) is 3.40. The maximum absolute atomic E-state index is 6.22. The van der Waals surface area contributed by atoms with Gasteiger partial charge in [0, 0.05) is 30.6 Å². The molecular weight excluding hydrogens is 352 g/mol. The Morgan fingerprint density at radius 2 is 2.15 bits per heavy atom. The molecule has 3 aromatic rings. The van der Waals surface area contributed by atoms with E-state index in [9.17, 15) is 0 Å². The van der Waals surface area contributed by atoms with E-state index in [1.165, 1.54) is 0 Å². The Hall–Kier alpha value is -2.93. The molecule has 3 aromatic heterocycles. The third-order valence-electron chi connectivity index (χ3n) is 4.27. The Morgan fingerprint density at radius 3 is 2.96 bits per heavy atom. The summed E-state index contributed by atoms with van der Waals surface area (Å²) in [6.07, 6.45) is 8.21. The minimum atomic E-state index is 0.478. The molecule has 0 saturated carbocycles. The zero-order chi connectivity index (χ0) is 18.3. The van der Waals surface area contributed by atoms with Crippen LogP contribution >= 0.6 is 11.6 Å². The van der Waals surface area contributed by atoms with Crippen LogP contribution in [-0.2, 0) is 13.5 Å². The summed E-state index contributed by atoms with van der Waals surface area (Å²) in [5.41, 5.74) is 5.71. The number of ether oxygens (including phenoxy) is 1. The molecule has 0 aromatic carbocycles. The van der Waals surface area contributed by atoms with Gasteiger partial charge in [0.05, 0.1) is 19.0 Å². The highest BCUT2D eigenvalue weighted by Gasteiger charge is 2.21. The first-order chi connectivity index (χ1) is 12.6. The van der Waals surface area contributed by atoms with Crippen molar-refractivity contribution in [1.82, 2.24) is 24.7 Å². The number of nitrogens with one attached hydrogen (secondary N) is 1. The number of methoxy groups -OCH3 is 1. The zero-order valence-corrected chi connectivity index (χ0v) is 15.4. The number of allylic oxidation sites excluding steroid dienone is 1. The number of rotatable bonds is 4. The fourth-order valence-corrected chi connectivity index (χ4v) is 3.29. The van der Waals surface area contributed by atoms with Crippen LogP contribution in [0.15, 0.2) is 30.7 Å². The molecule has 26 heavy (non-hydrogen) atoms. The number of pyridine rings is 1. The number of halogens is 1. The first kappa shape index (κ1) is 16.5. The summed E-state index contributed by atoms with van der Waals surface area (Å²) in [6.45, 7) is 1.99. The molecule has 0 atom stereocenters. The second kappa shape index (κ2) is 6.42. The highest BCUT2D eigenvalue weighted by Crippen LogP contribution is 2.36. The van der Waals surface area contributed by atoms with Gasteiger partial charge in [-0.3, -0.25) is 4.68 Å². The molecule has 0 saturated heterocycles. The van der Waals surface area contributed by atoms with E-state index < -0.39 is 0 Å². The van der Waals surface area contributed by atoms with Crippen LogP contribution in [0.2, 0.25) is 5.15 Å². The standard InChI is InChI=1S/C18H17ClN6O/c1-10-8-21-18(22-14-9-25(2)24-17(14)26-3)23-15(10)12-4-5-13-11(12)6-7-20-16(13)19/h4,6-9H,5H2,1-3H3,(H,21,22,23). The molecule has 3 heterocycles. The van der Waals surface area contributed by atoms with E-state index in [2.05, 4.69) is 26.5 Å². The van der Waals surface area contributed by atoms with Gasteiger partial charge in [-0.2, -0.15) is 0 Å². The van der Waals surface area contributed by atoms with Crippen molar-refractivity contribution in [3.05, 3.63) is 58.3 Å². The van der Waals surface area contributed by atoms with Gasteiger partial charge in [-0.15, -0.1) is 5.10 Å². The number of anilines is 2. The fourth-order valence-electron chi connectivity index (χ4n) is 3.05. The molecule has 0 radical (unpaired) electrons. The maximum atomic E-state index is 6.22. The molecular formula is C18H17ClN6O. The van der Waals surface area contributed by atoms with Crippen LogP contribution in [0.4, 0.5) is 11.6 Å². The van der Waals surface area contributed by atoms with Crippen LogP contribution in [0.3, 0.4) is 0 Å². The van der Waals surface area contributed by atoms with Gasteiger partial charge in [-0.05, 0) is 30.5 Å². The first-order valence-corrected chi connectivity index (χ1v) is 8.47. The Morgan fingerprint density at radius 1 is 1.31 bits per heavy atom. The third-order valence-corrected chi connectivity index (χ3v) is 4.59. The second-order valence-corrected chi connectivity index (χ2v) is 6.38. The van der Waals surface area contributed by atoms with Crippen LogP contribution < -0.4 is 10.1 Å². The van der Waals surface area contributed by atoms with E-state index in [4.69, 9.17) is 21.3 Å². The lowest BCUT2D eigenvalue weighted by molar-refractivity contribution is 0.393. The predicted molar refractivity (Wildman–Crippen MR) is 99.8 cm³/mol. The van der Waals surface area contributed by atoms with Crippen LogP contribution in [0.1, 0.15) is 22.4 Å². The summed E-state index contributed by atoms with van der Waals surface area (Å²) in [6, 6.07) is 1.97. The van der Waals surface area contributed by atoms with Gasteiger partial charge in [-0.1, -0.05) is 17.7 Å². The van der Waals surface area contributed by atoms with E-state index in [0.29, 0.717) is 22.7 Å². The number of nitrogens with zero attached hydrogens (tertiary/aromatic N) is 5. The Balaban J connectivity index is 1.72. The van der Waals surface area contributed by atoms with Gasteiger partial charge >= 0.3 is 0 Å². The largest absolute Gasteiger partial charge is 0.478 e. The van der Waals surface area contributed by atoms with Crippen molar-refractivity contribution in [2.45, 2.75) is 13.3 Å². The summed E-state index contributed by atoms with van der Waals surface area (Å²) < 4.78 is 6.94. The molecule has 1 N–H and O–H groups in total. The highest BCUT2D eigenvalue weighted by molar-refractivity contribution is 6.30. The van der Waals surface area contributed by atoms with Gasteiger partial charge in [0.1, 0.15) is 10.8 Å². The lowest BCUT2D eigenvalue weighted by atomic mass is 10.0. The van der Waals surface area contributed by atoms with Crippen molar-refractivity contribution in [1.29, 1.82) is 0 Å². The molecule has 132 valence electrons. The zero-order valence-electron chi connectivity index (χ0n) is 14.6. The van der Waals surface area contributed by atoms with E-state index >= 15 is 0 Å². The normalized spacial score (nSPS) is 12.7. The number of hydrogen-bond donors (Lipinski definition) is 1. The fraction of sp³-hybridized carbons (Fsp3) is 0.222. The van der Waals surface area contributed by atoms with E-state index in [1.54, 1.807) is 24.2 Å². The minimum Gasteiger partial charge on any atom is -0.478 e. The number of fused-ring (bicyclic) bond motifs is 1. The number of hydrogen-bond acceptors (Lipinski definition) is 6. The smallest absolute Gasteiger partial charge is 0.256 e. The Labute approximate surface area is 155 Å². The minimum absolute atomic E-state index is 0.478. The Bertz CT molecular complexity index is 1030. The van der Waals surface area contributed by atoms with Crippen molar-refractivity contribution >= 4 is 28.8 Å². The number of aryl methyl sites for hydroxylation is 2. The molecule has 0 spiro atoms. The van der Waals surface area contributed by atoms with Gasteiger partial charge in [0.15, 0.2) is 0 Å². The van der Waals surface area contributed by atoms with Gasteiger partial charge < -0.3 is 10.1 Å². The summed E-state index contributed by atoms with van der Waals surface area (Å²) >= 11 is 6.22. The molecule has 4 rings (SSSR count). The lowest BCUT2D eigenvalue weighted by Crippen LogP contribution is -2.03. The van der Waals surface area contributed by atoms with Gasteiger partial charge in [0.25, 0.3) is 5.88 Å². The van der Waals surface area contributed by atoms with E-state index in [0.717, 1.165) is 34.4 Å². The molecule has 1 aliphatic carbocycles. The molecule has 0 unspecified atom stereocenters. The molecule has 7 nitrogen and oxygen atoms in total. The molecule has 0 aliphatic heterocycles. The summed E-state index contributed by atoms with van der Waals surface area (Å²) in [4.78, 5) is 13.3. The Kier molecular flexibility index (Phi) is 4.08. The average Bonchev–Trinajstić information content (AvgIpc) is 3.21. The summed E-state index contributed by atoms with van der Waals surface area (Å²) in [5.74, 6) is 0.966. The molecule has 8 heteroatoms.